The van der Waals surface area contributed by atoms with Crippen LogP contribution in [0, 0.1) is 5.92 Å². The quantitative estimate of drug-likeness (QED) is 0.829. The molecule has 0 spiro atoms. The molecule has 0 fully saturated rings. The number of hydrogen-bond acceptors (Lipinski definition) is 2. The Morgan fingerprint density at radius 3 is 3.00 bits per heavy atom. The fraction of sp³-hybridized carbons (Fsp3) is 0.417. The third kappa shape index (κ3) is 2.12. The Morgan fingerprint density at radius 2 is 2.40 bits per heavy atom. The summed E-state index contributed by atoms with van der Waals surface area (Å²) in [5.41, 5.74) is 2.14. The van der Waals surface area contributed by atoms with E-state index in [1.165, 1.54) is 23.3 Å². The number of carboxylic acids is 1. The van der Waals surface area contributed by atoms with Crippen LogP contribution in [0.3, 0.4) is 0 Å². The van der Waals surface area contributed by atoms with Gasteiger partial charge in [-0.3, -0.25) is 0 Å². The molecule has 1 heterocycles. The maximum Gasteiger partial charge on any atom is 0.346 e. The molecule has 1 aromatic rings. The first-order valence-electron chi connectivity index (χ1n) is 5.18. The van der Waals surface area contributed by atoms with Gasteiger partial charge in [-0.2, -0.15) is 0 Å². The summed E-state index contributed by atoms with van der Waals surface area (Å²) in [5, 5.41) is 10.9. The molecule has 0 aliphatic heterocycles. The second-order valence-electron chi connectivity index (χ2n) is 4.08. The molecule has 80 valence electrons. The lowest BCUT2D eigenvalue weighted by Gasteiger charge is -2.18. The van der Waals surface area contributed by atoms with Crippen molar-refractivity contribution in [3.8, 4) is 0 Å². The predicted octanol–water partition coefficient (Wildman–Crippen LogP) is 3.65. The summed E-state index contributed by atoms with van der Waals surface area (Å²) in [7, 11) is 0. The number of rotatable bonds is 2. The normalized spacial score (nSPS) is 21.1. The Morgan fingerprint density at radius 1 is 1.60 bits per heavy atom. The van der Waals surface area contributed by atoms with Crippen molar-refractivity contribution in [3.63, 3.8) is 0 Å². The van der Waals surface area contributed by atoms with E-state index in [1.807, 2.05) is 11.4 Å². The minimum absolute atomic E-state index is 0.482. The van der Waals surface area contributed by atoms with Crippen molar-refractivity contribution in [1.82, 2.24) is 0 Å². The van der Waals surface area contributed by atoms with Crippen molar-refractivity contribution < 1.29 is 9.90 Å². The number of allylic oxidation sites excluding steroid dienone is 2. The first-order valence-corrected chi connectivity index (χ1v) is 6.06. The van der Waals surface area contributed by atoms with Gasteiger partial charge in [-0.1, -0.05) is 13.0 Å². The van der Waals surface area contributed by atoms with E-state index in [0.29, 0.717) is 4.88 Å². The Balaban J connectivity index is 2.30. The molecule has 0 amide bonds. The highest BCUT2D eigenvalue weighted by Crippen LogP contribution is 2.33. The lowest BCUT2D eigenvalue weighted by atomic mass is 9.88. The Hall–Kier alpha value is -1.09. The molecule has 3 heteroatoms. The van der Waals surface area contributed by atoms with E-state index in [-0.39, 0.29) is 0 Å². The second-order valence-corrected chi connectivity index (χ2v) is 4.99. The number of thiophene rings is 1. The summed E-state index contributed by atoms with van der Waals surface area (Å²) < 4.78 is 0. The maximum absolute atomic E-state index is 11.0. The van der Waals surface area contributed by atoms with Crippen molar-refractivity contribution in [2.45, 2.75) is 26.2 Å². The third-order valence-electron chi connectivity index (χ3n) is 2.88. The molecule has 0 saturated carbocycles. The van der Waals surface area contributed by atoms with Crippen molar-refractivity contribution in [3.05, 3.63) is 28.0 Å². The molecular weight excluding hydrogens is 208 g/mol. The van der Waals surface area contributed by atoms with Gasteiger partial charge >= 0.3 is 5.97 Å². The fourth-order valence-electron chi connectivity index (χ4n) is 1.94. The summed E-state index contributed by atoms with van der Waals surface area (Å²) in [6.07, 6.45) is 5.45. The fourth-order valence-corrected chi connectivity index (χ4v) is 2.70. The topological polar surface area (TPSA) is 37.3 Å². The Labute approximate surface area is 93.3 Å². The van der Waals surface area contributed by atoms with Gasteiger partial charge in [-0.25, -0.2) is 4.79 Å². The summed E-state index contributed by atoms with van der Waals surface area (Å²) >= 11 is 1.31. The van der Waals surface area contributed by atoms with Crippen LogP contribution in [0.4, 0.5) is 0 Å². The smallest absolute Gasteiger partial charge is 0.346 e. The lowest BCUT2D eigenvalue weighted by molar-refractivity contribution is 0.0702. The van der Waals surface area contributed by atoms with Crippen LogP contribution in [0.15, 0.2) is 17.5 Å². The molecule has 1 aromatic heterocycles. The van der Waals surface area contributed by atoms with Gasteiger partial charge in [-0.05, 0) is 42.2 Å². The largest absolute Gasteiger partial charge is 0.477 e. The van der Waals surface area contributed by atoms with E-state index in [9.17, 15) is 4.79 Å². The van der Waals surface area contributed by atoms with E-state index in [4.69, 9.17) is 5.11 Å². The van der Waals surface area contributed by atoms with Gasteiger partial charge in [0.2, 0.25) is 0 Å². The first kappa shape index (κ1) is 10.4. The molecule has 1 atom stereocenters. The van der Waals surface area contributed by atoms with Crippen LogP contribution in [-0.4, -0.2) is 11.1 Å². The van der Waals surface area contributed by atoms with Gasteiger partial charge < -0.3 is 5.11 Å². The highest BCUT2D eigenvalue weighted by atomic mass is 32.1. The van der Waals surface area contributed by atoms with E-state index in [1.54, 1.807) is 0 Å². The number of aromatic carboxylic acids is 1. The average Bonchev–Trinajstić information content (AvgIpc) is 2.67. The van der Waals surface area contributed by atoms with Gasteiger partial charge in [0.1, 0.15) is 4.88 Å². The van der Waals surface area contributed by atoms with Crippen LogP contribution in [0.25, 0.3) is 5.57 Å². The summed E-state index contributed by atoms with van der Waals surface area (Å²) in [6, 6.07) is 1.93. The molecule has 2 nitrogen and oxygen atoms in total. The van der Waals surface area contributed by atoms with E-state index in [0.717, 1.165) is 24.3 Å². The zero-order valence-corrected chi connectivity index (χ0v) is 9.51. The van der Waals surface area contributed by atoms with Crippen LogP contribution >= 0.6 is 11.3 Å². The summed E-state index contributed by atoms with van der Waals surface area (Å²) in [5.74, 6) is -0.0693. The van der Waals surface area contributed by atoms with Crippen LogP contribution < -0.4 is 0 Å². The number of carboxylic acid groups (broad SMARTS) is 1. The average molecular weight is 222 g/mol. The standard InChI is InChI=1S/C12H14O2S/c1-8-2-4-9(5-3-8)10-6-7-15-11(10)12(13)14/h4,6-8H,2-3,5H2,1H3,(H,13,14). The van der Waals surface area contributed by atoms with Gasteiger partial charge in [0.25, 0.3) is 0 Å². The predicted molar refractivity (Wildman–Crippen MR) is 62.3 cm³/mol. The Bertz CT molecular complexity index is 404. The Kier molecular flexibility index (Phi) is 2.91. The van der Waals surface area contributed by atoms with Crippen molar-refractivity contribution in [1.29, 1.82) is 0 Å². The van der Waals surface area contributed by atoms with E-state index >= 15 is 0 Å². The molecule has 1 unspecified atom stereocenters. The lowest BCUT2D eigenvalue weighted by Crippen LogP contribution is -2.03. The van der Waals surface area contributed by atoms with Crippen molar-refractivity contribution >= 4 is 22.9 Å². The summed E-state index contributed by atoms with van der Waals surface area (Å²) in [6.45, 7) is 2.24. The molecule has 0 bridgehead atoms. The monoisotopic (exact) mass is 222 g/mol. The first-order chi connectivity index (χ1) is 7.18. The minimum atomic E-state index is -0.806. The zero-order valence-electron chi connectivity index (χ0n) is 8.69. The summed E-state index contributed by atoms with van der Waals surface area (Å²) in [4.78, 5) is 11.5. The molecule has 0 aromatic carbocycles. The highest BCUT2D eigenvalue weighted by molar-refractivity contribution is 7.12. The van der Waals surface area contributed by atoms with Gasteiger partial charge in [-0.15, -0.1) is 11.3 Å². The second kappa shape index (κ2) is 4.19. The number of carbonyl (C=O) groups is 1. The zero-order chi connectivity index (χ0) is 10.8. The molecule has 0 radical (unpaired) electrons. The van der Waals surface area contributed by atoms with Crippen LogP contribution in [-0.2, 0) is 0 Å². The molecule has 2 rings (SSSR count). The van der Waals surface area contributed by atoms with Crippen LogP contribution in [0.2, 0.25) is 0 Å². The molecule has 1 N–H and O–H groups in total. The van der Waals surface area contributed by atoms with Gasteiger partial charge in [0, 0.05) is 5.56 Å². The van der Waals surface area contributed by atoms with Crippen molar-refractivity contribution in [2.24, 2.45) is 5.92 Å². The van der Waals surface area contributed by atoms with Gasteiger partial charge in [0.15, 0.2) is 0 Å². The molecule has 0 saturated heterocycles. The van der Waals surface area contributed by atoms with Crippen LogP contribution in [0.5, 0.6) is 0 Å². The molecule has 1 aliphatic rings. The van der Waals surface area contributed by atoms with E-state index < -0.39 is 5.97 Å². The third-order valence-corrected chi connectivity index (χ3v) is 3.78. The number of hydrogen-bond donors (Lipinski definition) is 1. The molecular formula is C12H14O2S. The van der Waals surface area contributed by atoms with Crippen molar-refractivity contribution in [2.75, 3.05) is 0 Å². The van der Waals surface area contributed by atoms with Crippen LogP contribution in [0.1, 0.15) is 41.4 Å². The molecule has 15 heavy (non-hydrogen) atoms. The van der Waals surface area contributed by atoms with Gasteiger partial charge in [0.05, 0.1) is 0 Å². The highest BCUT2D eigenvalue weighted by Gasteiger charge is 2.18. The molecule has 1 aliphatic carbocycles. The maximum atomic E-state index is 11.0. The SMILES string of the molecule is CC1CC=C(c2ccsc2C(=O)O)CC1. The van der Waals surface area contributed by atoms with E-state index in [2.05, 4.69) is 13.0 Å². The minimum Gasteiger partial charge on any atom is -0.477 e.